The minimum atomic E-state index is -0.718. The molecule has 1 aliphatic rings. The van der Waals surface area contributed by atoms with Crippen molar-refractivity contribution < 1.29 is 24.2 Å². The van der Waals surface area contributed by atoms with Gasteiger partial charge in [0.1, 0.15) is 23.9 Å². The zero-order chi connectivity index (χ0) is 28.6. The van der Waals surface area contributed by atoms with Gasteiger partial charge in [-0.15, -0.1) is 0 Å². The number of amides is 1. The highest BCUT2D eigenvalue weighted by Gasteiger charge is 2.45. The Labute approximate surface area is 236 Å². The molecule has 7 nitrogen and oxygen atoms in total. The Balaban J connectivity index is 1.62. The number of benzene rings is 3. The predicted octanol–water partition coefficient (Wildman–Crippen LogP) is 5.74. The first-order valence-corrected chi connectivity index (χ1v) is 13.8. The molecule has 1 atom stereocenters. The van der Waals surface area contributed by atoms with Crippen LogP contribution in [-0.4, -0.2) is 59.9 Å². The summed E-state index contributed by atoms with van der Waals surface area (Å²) in [5.41, 5.74) is 3.47. The number of aryl methyl sites for hydroxylation is 1. The lowest BCUT2D eigenvalue weighted by Crippen LogP contribution is -2.33. The van der Waals surface area contributed by atoms with Crippen molar-refractivity contribution in [1.82, 2.24) is 9.80 Å². The molecule has 1 N–H and O–H groups in total. The van der Waals surface area contributed by atoms with Crippen molar-refractivity contribution in [3.8, 4) is 11.5 Å². The maximum Gasteiger partial charge on any atom is 0.295 e. The molecule has 210 valence electrons. The molecular formula is C33H38N2O5. The maximum atomic E-state index is 13.4. The molecule has 0 radical (unpaired) electrons. The van der Waals surface area contributed by atoms with Gasteiger partial charge in [-0.25, -0.2) is 0 Å². The van der Waals surface area contributed by atoms with Crippen LogP contribution in [0.1, 0.15) is 48.6 Å². The molecule has 1 heterocycles. The Morgan fingerprint density at radius 3 is 2.30 bits per heavy atom. The summed E-state index contributed by atoms with van der Waals surface area (Å²) in [4.78, 5) is 30.5. The molecule has 4 rings (SSSR count). The van der Waals surface area contributed by atoms with E-state index in [1.807, 2.05) is 55.5 Å². The molecule has 1 aliphatic heterocycles. The smallest absolute Gasteiger partial charge is 0.295 e. The van der Waals surface area contributed by atoms with E-state index >= 15 is 0 Å². The van der Waals surface area contributed by atoms with Crippen LogP contribution in [-0.2, 0) is 16.2 Å². The Hall–Kier alpha value is -4.10. The fourth-order valence-corrected chi connectivity index (χ4v) is 4.99. The van der Waals surface area contributed by atoms with Gasteiger partial charge in [-0.1, -0.05) is 55.8 Å². The second-order valence-electron chi connectivity index (χ2n) is 9.95. The lowest BCUT2D eigenvalue weighted by molar-refractivity contribution is -0.140. The summed E-state index contributed by atoms with van der Waals surface area (Å²) in [6.45, 7) is 9.70. The van der Waals surface area contributed by atoms with E-state index in [-0.39, 0.29) is 11.3 Å². The number of Topliss-reactive ketones (excluding diaryl/α,β-unsaturated/α-hetero) is 1. The van der Waals surface area contributed by atoms with Gasteiger partial charge in [0.15, 0.2) is 0 Å². The number of hydrogen-bond acceptors (Lipinski definition) is 6. The van der Waals surface area contributed by atoms with Gasteiger partial charge in [0.2, 0.25) is 0 Å². The van der Waals surface area contributed by atoms with E-state index in [0.717, 1.165) is 25.2 Å². The minimum absolute atomic E-state index is 0.0782. The molecule has 0 aromatic heterocycles. The van der Waals surface area contributed by atoms with Crippen LogP contribution in [0.4, 0.5) is 0 Å². The summed E-state index contributed by atoms with van der Waals surface area (Å²) in [7, 11) is 1.57. The number of likely N-dealkylation sites (tertiary alicyclic amines) is 1. The largest absolute Gasteiger partial charge is 0.507 e. The molecule has 7 heteroatoms. The van der Waals surface area contributed by atoms with Crippen molar-refractivity contribution in [2.24, 2.45) is 0 Å². The van der Waals surface area contributed by atoms with Crippen molar-refractivity contribution in [1.29, 1.82) is 0 Å². The number of hydrogen-bond donors (Lipinski definition) is 1. The molecule has 1 saturated heterocycles. The van der Waals surface area contributed by atoms with E-state index in [1.54, 1.807) is 36.3 Å². The Morgan fingerprint density at radius 1 is 0.950 bits per heavy atom. The van der Waals surface area contributed by atoms with Crippen molar-refractivity contribution in [3.05, 3.63) is 101 Å². The van der Waals surface area contributed by atoms with Gasteiger partial charge in [-0.05, 0) is 80.5 Å². The average Bonchev–Trinajstić information content (AvgIpc) is 3.24. The predicted molar refractivity (Wildman–Crippen MR) is 156 cm³/mol. The number of rotatable bonds is 12. The number of carbonyl (C=O) groups excluding carboxylic acids is 2. The first-order chi connectivity index (χ1) is 19.4. The molecule has 0 aliphatic carbocycles. The summed E-state index contributed by atoms with van der Waals surface area (Å²) in [6, 6.07) is 21.6. The topological polar surface area (TPSA) is 79.3 Å². The fourth-order valence-electron chi connectivity index (χ4n) is 4.99. The van der Waals surface area contributed by atoms with E-state index in [9.17, 15) is 14.7 Å². The number of methoxy groups -OCH3 is 1. The van der Waals surface area contributed by atoms with E-state index in [0.29, 0.717) is 42.2 Å². The normalized spacial score (nSPS) is 16.5. The second kappa shape index (κ2) is 13.3. The van der Waals surface area contributed by atoms with Gasteiger partial charge in [-0.3, -0.25) is 9.59 Å². The standard InChI is InChI=1S/C33H38N2O5/c1-5-34(6-2)19-8-20-35-30(26-9-7-10-28(21-26)39-4)29(32(37)33(35)38)31(36)25-15-17-27(18-16-25)40-22-24-13-11-23(3)12-14-24/h7,9-18,21,30,36H,5-6,8,19-20,22H2,1-4H3. The molecule has 3 aromatic carbocycles. The van der Waals surface area contributed by atoms with E-state index in [4.69, 9.17) is 9.47 Å². The van der Waals surface area contributed by atoms with Gasteiger partial charge in [0.05, 0.1) is 18.7 Å². The van der Waals surface area contributed by atoms with E-state index < -0.39 is 17.7 Å². The average molecular weight is 543 g/mol. The maximum absolute atomic E-state index is 13.4. The lowest BCUT2D eigenvalue weighted by Gasteiger charge is -2.27. The molecule has 0 saturated carbocycles. The zero-order valence-electron chi connectivity index (χ0n) is 23.7. The molecule has 0 spiro atoms. The number of aliphatic hydroxyl groups excluding tert-OH is 1. The van der Waals surface area contributed by atoms with Gasteiger partial charge >= 0.3 is 0 Å². The Kier molecular flexibility index (Phi) is 9.61. The Morgan fingerprint density at radius 2 is 1.65 bits per heavy atom. The number of aliphatic hydroxyl groups is 1. The van der Waals surface area contributed by atoms with E-state index in [2.05, 4.69) is 18.7 Å². The van der Waals surface area contributed by atoms with Crippen molar-refractivity contribution in [3.63, 3.8) is 0 Å². The third-order valence-electron chi connectivity index (χ3n) is 7.37. The summed E-state index contributed by atoms with van der Waals surface area (Å²) in [6.07, 6.45) is 0.711. The minimum Gasteiger partial charge on any atom is -0.507 e. The number of nitrogens with zero attached hydrogens (tertiary/aromatic N) is 2. The van der Waals surface area contributed by atoms with Crippen LogP contribution < -0.4 is 9.47 Å². The van der Waals surface area contributed by atoms with Crippen molar-refractivity contribution in [2.45, 2.75) is 39.8 Å². The zero-order valence-corrected chi connectivity index (χ0v) is 23.7. The molecular weight excluding hydrogens is 504 g/mol. The summed E-state index contributed by atoms with van der Waals surface area (Å²) in [5.74, 6) is -0.248. The summed E-state index contributed by atoms with van der Waals surface area (Å²) in [5, 5.41) is 11.4. The third kappa shape index (κ3) is 6.54. The Bertz CT molecular complexity index is 1340. The second-order valence-corrected chi connectivity index (χ2v) is 9.95. The number of ketones is 1. The number of ether oxygens (including phenoxy) is 2. The SMILES string of the molecule is CCN(CC)CCCN1C(=O)C(=O)C(=C(O)c2ccc(OCc3ccc(C)cc3)cc2)C1c1cccc(OC)c1. The van der Waals surface area contributed by atoms with E-state index in [1.165, 1.54) is 5.56 Å². The van der Waals surface area contributed by atoms with Crippen LogP contribution in [0.3, 0.4) is 0 Å². The highest BCUT2D eigenvalue weighted by Crippen LogP contribution is 2.40. The monoisotopic (exact) mass is 542 g/mol. The van der Waals surface area contributed by atoms with Crippen LogP contribution in [0.25, 0.3) is 5.76 Å². The van der Waals surface area contributed by atoms with Gasteiger partial charge in [0, 0.05) is 12.1 Å². The lowest BCUT2D eigenvalue weighted by atomic mass is 9.95. The summed E-state index contributed by atoms with van der Waals surface area (Å²) < 4.78 is 11.3. The first kappa shape index (κ1) is 28.9. The van der Waals surface area contributed by atoms with Crippen LogP contribution in [0.5, 0.6) is 11.5 Å². The molecule has 3 aromatic rings. The van der Waals surface area contributed by atoms with Crippen LogP contribution in [0, 0.1) is 6.92 Å². The highest BCUT2D eigenvalue weighted by molar-refractivity contribution is 6.46. The molecule has 1 unspecified atom stereocenters. The first-order valence-electron chi connectivity index (χ1n) is 13.8. The van der Waals surface area contributed by atoms with Gasteiger partial charge in [-0.2, -0.15) is 0 Å². The van der Waals surface area contributed by atoms with Crippen molar-refractivity contribution >= 4 is 17.4 Å². The van der Waals surface area contributed by atoms with Crippen LogP contribution in [0.15, 0.2) is 78.4 Å². The molecule has 1 amide bonds. The molecule has 0 bridgehead atoms. The summed E-state index contributed by atoms with van der Waals surface area (Å²) >= 11 is 0. The highest BCUT2D eigenvalue weighted by atomic mass is 16.5. The number of carbonyl (C=O) groups is 2. The van der Waals surface area contributed by atoms with Crippen LogP contribution >= 0.6 is 0 Å². The third-order valence-corrected chi connectivity index (χ3v) is 7.37. The molecule has 1 fully saturated rings. The fraction of sp³-hybridized carbons (Fsp3) is 0.333. The molecule has 40 heavy (non-hydrogen) atoms. The van der Waals surface area contributed by atoms with Gasteiger partial charge < -0.3 is 24.4 Å². The van der Waals surface area contributed by atoms with Crippen LogP contribution in [0.2, 0.25) is 0 Å². The van der Waals surface area contributed by atoms with Gasteiger partial charge in [0.25, 0.3) is 11.7 Å². The quantitative estimate of drug-likeness (QED) is 0.179. The van der Waals surface area contributed by atoms with Crippen molar-refractivity contribution in [2.75, 3.05) is 33.3 Å².